The van der Waals surface area contributed by atoms with Crippen LogP contribution in [0.4, 0.5) is 26.3 Å². The van der Waals surface area contributed by atoms with Gasteiger partial charge in [0.1, 0.15) is 11.5 Å². The maximum Gasteiger partial charge on any atom is 0.376 e. The summed E-state index contributed by atoms with van der Waals surface area (Å²) in [6.45, 7) is 0. The lowest BCUT2D eigenvalue weighted by Crippen LogP contribution is -2.38. The van der Waals surface area contributed by atoms with Gasteiger partial charge < -0.3 is 4.74 Å². The third-order valence-corrected chi connectivity index (χ3v) is 4.11. The number of nitrogens with zero attached hydrogens (tertiary/aromatic N) is 1. The van der Waals surface area contributed by atoms with Gasteiger partial charge in [-0.1, -0.05) is 11.6 Å². The van der Waals surface area contributed by atoms with E-state index in [9.17, 15) is 31.1 Å². The molecule has 0 N–H and O–H groups in total. The molecule has 0 saturated carbocycles. The fraction of sp³-hybridized carbons (Fsp3) is 0.176. The van der Waals surface area contributed by atoms with Gasteiger partial charge in [0.05, 0.1) is 17.2 Å². The Labute approximate surface area is 152 Å². The van der Waals surface area contributed by atoms with Crippen LogP contribution < -0.4 is 4.74 Å². The van der Waals surface area contributed by atoms with Crippen molar-refractivity contribution in [1.29, 1.82) is 5.26 Å². The molecule has 0 amide bonds. The van der Waals surface area contributed by atoms with E-state index in [-0.39, 0.29) is 16.3 Å². The van der Waals surface area contributed by atoms with Crippen LogP contribution >= 0.6 is 11.6 Å². The number of rotatable bonds is 3. The lowest BCUT2D eigenvalue weighted by molar-refractivity contribution is -0.176. The summed E-state index contributed by atoms with van der Waals surface area (Å²) in [5.74, 6) is -13.5. The molecular weight excluding hydrogens is 400 g/mol. The zero-order chi connectivity index (χ0) is 20.1. The molecule has 1 aliphatic rings. The Kier molecular flexibility index (Phi) is 4.35. The summed E-state index contributed by atoms with van der Waals surface area (Å²) in [4.78, 5) is 11.7. The van der Waals surface area contributed by atoms with Gasteiger partial charge in [-0.05, 0) is 30.3 Å². The molecule has 0 heterocycles. The molecule has 1 aliphatic carbocycles. The molecular formula is C17H6ClF6NO2. The van der Waals surface area contributed by atoms with Crippen molar-refractivity contribution >= 4 is 17.4 Å². The molecule has 0 unspecified atom stereocenters. The van der Waals surface area contributed by atoms with Crippen molar-refractivity contribution < 1.29 is 35.9 Å². The average molecular weight is 406 g/mol. The van der Waals surface area contributed by atoms with E-state index in [4.69, 9.17) is 21.6 Å². The number of hydrogen-bond donors (Lipinski definition) is 0. The summed E-state index contributed by atoms with van der Waals surface area (Å²) >= 11 is 5.76. The number of ether oxygens (including phenoxy) is 1. The van der Waals surface area contributed by atoms with Gasteiger partial charge >= 0.3 is 11.8 Å². The van der Waals surface area contributed by atoms with Crippen LogP contribution in [0.2, 0.25) is 5.02 Å². The van der Waals surface area contributed by atoms with Gasteiger partial charge in [0, 0.05) is 16.1 Å². The number of ketones is 1. The molecule has 10 heteroatoms. The lowest BCUT2D eigenvalue weighted by atomic mass is 10.0. The van der Waals surface area contributed by atoms with Crippen LogP contribution in [0.25, 0.3) is 0 Å². The van der Waals surface area contributed by atoms with Crippen molar-refractivity contribution in [2.75, 3.05) is 0 Å². The number of alkyl halides is 6. The summed E-state index contributed by atoms with van der Waals surface area (Å²) in [7, 11) is 0. The topological polar surface area (TPSA) is 50.1 Å². The number of Topliss-reactive ketones (excluding diaryl/α,β-unsaturated/α-hetero) is 1. The Morgan fingerprint density at radius 2 is 1.74 bits per heavy atom. The average Bonchev–Trinajstić information content (AvgIpc) is 2.71. The van der Waals surface area contributed by atoms with E-state index in [1.807, 2.05) is 0 Å². The van der Waals surface area contributed by atoms with E-state index in [1.165, 1.54) is 6.07 Å². The predicted molar refractivity (Wildman–Crippen MR) is 80.8 cm³/mol. The van der Waals surface area contributed by atoms with Crippen molar-refractivity contribution in [2.24, 2.45) is 0 Å². The van der Waals surface area contributed by atoms with Crippen LogP contribution in [-0.4, -0.2) is 11.7 Å². The van der Waals surface area contributed by atoms with Gasteiger partial charge in [-0.15, -0.1) is 0 Å². The van der Waals surface area contributed by atoms with E-state index < -0.39 is 46.5 Å². The lowest BCUT2D eigenvalue weighted by Gasteiger charge is -2.17. The molecule has 0 bridgehead atoms. The second-order valence-electron chi connectivity index (χ2n) is 5.57. The molecule has 3 rings (SSSR count). The SMILES string of the molecule is N#Cc1cc(Cl)cc(Oc2ccc3c(c2C(F)F)C(=O)C(F)(F)C3(F)F)c1. The largest absolute Gasteiger partial charge is 0.457 e. The standard InChI is InChI=1S/C17H6ClF6NO2/c18-8-3-7(6-25)4-9(5-8)27-11-2-1-10-12(13(11)15(19)20)14(26)17(23,24)16(10,21)22/h1-5,15H. The van der Waals surface area contributed by atoms with Crippen molar-refractivity contribution in [2.45, 2.75) is 18.3 Å². The number of fused-ring (bicyclic) bond motifs is 1. The molecule has 2 aromatic carbocycles. The number of hydrogen-bond acceptors (Lipinski definition) is 3. The van der Waals surface area contributed by atoms with Gasteiger partial charge in [-0.25, -0.2) is 8.78 Å². The minimum atomic E-state index is -5.15. The first kappa shape index (κ1) is 19.0. The quantitative estimate of drug-likeness (QED) is 0.600. The summed E-state index contributed by atoms with van der Waals surface area (Å²) in [5.41, 5.74) is -4.34. The Hall–Kier alpha value is -2.73. The van der Waals surface area contributed by atoms with Gasteiger partial charge in [0.25, 0.3) is 6.43 Å². The van der Waals surface area contributed by atoms with E-state index in [2.05, 4.69) is 0 Å². The van der Waals surface area contributed by atoms with Crippen LogP contribution in [0.1, 0.15) is 33.5 Å². The third-order valence-electron chi connectivity index (χ3n) is 3.90. The Bertz CT molecular complexity index is 1000. The van der Waals surface area contributed by atoms with Gasteiger partial charge in [0.15, 0.2) is 0 Å². The summed E-state index contributed by atoms with van der Waals surface area (Å²) in [5, 5.41) is 8.89. The van der Waals surface area contributed by atoms with Crippen molar-refractivity contribution in [3.05, 3.63) is 57.6 Å². The Morgan fingerprint density at radius 1 is 1.07 bits per heavy atom. The van der Waals surface area contributed by atoms with Gasteiger partial charge in [0.2, 0.25) is 5.78 Å². The van der Waals surface area contributed by atoms with Crippen LogP contribution in [-0.2, 0) is 5.92 Å². The normalized spacial score (nSPS) is 16.9. The number of carbonyl (C=O) groups excluding carboxylic acids is 1. The highest BCUT2D eigenvalue weighted by Gasteiger charge is 2.70. The van der Waals surface area contributed by atoms with Crippen LogP contribution in [0, 0.1) is 11.3 Å². The van der Waals surface area contributed by atoms with Crippen molar-refractivity contribution in [1.82, 2.24) is 0 Å². The Morgan fingerprint density at radius 3 is 2.33 bits per heavy atom. The zero-order valence-corrected chi connectivity index (χ0v) is 13.6. The highest BCUT2D eigenvalue weighted by atomic mass is 35.5. The van der Waals surface area contributed by atoms with E-state index in [1.54, 1.807) is 6.07 Å². The van der Waals surface area contributed by atoms with Crippen LogP contribution in [0.5, 0.6) is 11.5 Å². The van der Waals surface area contributed by atoms with E-state index >= 15 is 0 Å². The van der Waals surface area contributed by atoms with Gasteiger partial charge in [-0.3, -0.25) is 4.79 Å². The zero-order valence-electron chi connectivity index (χ0n) is 12.9. The number of halogens is 7. The Balaban J connectivity index is 2.19. The molecule has 2 aromatic rings. The van der Waals surface area contributed by atoms with Gasteiger partial charge in [-0.2, -0.15) is 22.8 Å². The summed E-state index contributed by atoms with van der Waals surface area (Å²) < 4.78 is 87.0. The maximum atomic E-state index is 13.8. The van der Waals surface area contributed by atoms with E-state index in [0.717, 1.165) is 12.1 Å². The highest BCUT2D eigenvalue weighted by Crippen LogP contribution is 2.55. The van der Waals surface area contributed by atoms with Crippen molar-refractivity contribution in [3.63, 3.8) is 0 Å². The summed E-state index contributed by atoms with van der Waals surface area (Å²) in [6.07, 6.45) is -3.56. The summed E-state index contributed by atoms with van der Waals surface area (Å²) in [6, 6.07) is 6.30. The monoisotopic (exact) mass is 405 g/mol. The molecule has 0 aromatic heterocycles. The highest BCUT2D eigenvalue weighted by molar-refractivity contribution is 6.30. The maximum absolute atomic E-state index is 13.8. The molecule has 0 aliphatic heterocycles. The first-order valence-electron chi connectivity index (χ1n) is 7.15. The molecule has 140 valence electrons. The third kappa shape index (κ3) is 2.80. The molecule has 0 fully saturated rings. The minimum absolute atomic E-state index is 0.00593. The first-order valence-corrected chi connectivity index (χ1v) is 7.53. The molecule has 0 atom stereocenters. The number of carbonyl (C=O) groups is 1. The minimum Gasteiger partial charge on any atom is -0.457 e. The van der Waals surface area contributed by atoms with Crippen LogP contribution in [0.15, 0.2) is 30.3 Å². The molecule has 0 spiro atoms. The second kappa shape index (κ2) is 6.16. The fourth-order valence-electron chi connectivity index (χ4n) is 2.69. The number of nitriles is 1. The smallest absolute Gasteiger partial charge is 0.376 e. The molecule has 27 heavy (non-hydrogen) atoms. The van der Waals surface area contributed by atoms with Crippen LogP contribution in [0.3, 0.4) is 0 Å². The predicted octanol–water partition coefficient (Wildman–Crippen LogP) is 5.86. The first-order chi connectivity index (χ1) is 12.5. The molecule has 3 nitrogen and oxygen atoms in total. The molecule has 0 radical (unpaired) electrons. The second-order valence-corrected chi connectivity index (χ2v) is 6.00. The van der Waals surface area contributed by atoms with Crippen molar-refractivity contribution in [3.8, 4) is 17.6 Å². The van der Waals surface area contributed by atoms with E-state index in [0.29, 0.717) is 12.1 Å². The fourth-order valence-corrected chi connectivity index (χ4v) is 2.92. The number of benzene rings is 2. The molecule has 0 saturated heterocycles.